The molecule has 0 aromatic heterocycles. The van der Waals surface area contributed by atoms with Crippen molar-refractivity contribution in [1.82, 2.24) is 4.72 Å². The lowest BCUT2D eigenvalue weighted by Crippen LogP contribution is -2.38. The molecule has 1 aliphatic carbocycles. The Morgan fingerprint density at radius 2 is 1.95 bits per heavy atom. The van der Waals surface area contributed by atoms with Crippen LogP contribution in [0, 0.1) is 0 Å². The average molecular weight is 369 g/mol. The molecule has 4 nitrogen and oxygen atoms in total. The van der Waals surface area contributed by atoms with Gasteiger partial charge in [-0.1, -0.05) is 36.0 Å². The van der Waals surface area contributed by atoms with E-state index in [2.05, 4.69) is 4.72 Å². The zero-order valence-electron chi connectivity index (χ0n) is 11.7. The fourth-order valence-corrected chi connectivity index (χ4v) is 5.43. The van der Waals surface area contributed by atoms with E-state index in [0.717, 1.165) is 25.7 Å². The minimum atomic E-state index is -3.70. The van der Waals surface area contributed by atoms with Crippen molar-refractivity contribution in [3.63, 3.8) is 0 Å². The molecule has 0 radical (unpaired) electrons. The molecule has 0 spiro atoms. The van der Waals surface area contributed by atoms with Crippen LogP contribution in [0.25, 0.3) is 0 Å². The van der Waals surface area contributed by atoms with Gasteiger partial charge >= 0.3 is 0 Å². The Balaban J connectivity index is 2.21. The Kier molecular flexibility index (Phi) is 5.36. The summed E-state index contributed by atoms with van der Waals surface area (Å²) in [7, 11) is -3.70. The van der Waals surface area contributed by atoms with E-state index in [1.54, 1.807) is 11.8 Å². The average Bonchev–Trinajstić information content (AvgIpc) is 2.92. The minimum absolute atomic E-state index is 0.0164. The third kappa shape index (κ3) is 3.62. The van der Waals surface area contributed by atoms with Crippen LogP contribution in [0.1, 0.15) is 25.7 Å². The molecule has 0 atom stereocenters. The highest BCUT2D eigenvalue weighted by Crippen LogP contribution is 2.40. The molecule has 0 heterocycles. The topological polar surface area (TPSA) is 72.2 Å². The number of nitrogen functional groups attached to an aromatic ring is 1. The van der Waals surface area contributed by atoms with Gasteiger partial charge in [-0.15, -0.1) is 0 Å². The molecule has 2 rings (SSSR count). The van der Waals surface area contributed by atoms with Gasteiger partial charge in [-0.05, 0) is 31.2 Å². The molecule has 1 aromatic rings. The second kappa shape index (κ2) is 6.54. The largest absolute Gasteiger partial charge is 0.396 e. The number of rotatable bonds is 5. The maximum atomic E-state index is 12.4. The molecule has 118 valence electrons. The van der Waals surface area contributed by atoms with Gasteiger partial charge in [0.25, 0.3) is 0 Å². The molecule has 1 saturated carbocycles. The Bertz CT molecular complexity index is 629. The summed E-state index contributed by atoms with van der Waals surface area (Å²) in [6, 6.07) is 2.82. The maximum absolute atomic E-state index is 12.4. The smallest absolute Gasteiger partial charge is 0.242 e. The number of thioether (sulfide) groups is 1. The van der Waals surface area contributed by atoms with E-state index in [-0.39, 0.29) is 25.4 Å². The molecule has 0 amide bonds. The SMILES string of the molecule is CSC1(CNS(=O)(=O)c2ccc(Cl)c(N)c2Cl)CCCC1. The molecule has 8 heteroatoms. The van der Waals surface area contributed by atoms with Crippen LogP contribution >= 0.6 is 35.0 Å². The second-order valence-corrected chi connectivity index (χ2v) is 8.99. The maximum Gasteiger partial charge on any atom is 0.242 e. The van der Waals surface area contributed by atoms with Crippen LogP contribution < -0.4 is 10.5 Å². The number of nitrogens with two attached hydrogens (primary N) is 1. The van der Waals surface area contributed by atoms with Crippen LogP contribution in [0.5, 0.6) is 0 Å². The molecule has 0 aliphatic heterocycles. The van der Waals surface area contributed by atoms with Gasteiger partial charge in [-0.2, -0.15) is 11.8 Å². The fourth-order valence-electron chi connectivity index (χ4n) is 2.53. The molecular weight excluding hydrogens is 351 g/mol. The fraction of sp³-hybridized carbons (Fsp3) is 0.538. The molecule has 1 fully saturated rings. The van der Waals surface area contributed by atoms with E-state index in [9.17, 15) is 8.42 Å². The van der Waals surface area contributed by atoms with Gasteiger partial charge in [0.1, 0.15) is 4.90 Å². The van der Waals surface area contributed by atoms with Crippen LogP contribution in [-0.4, -0.2) is 26.0 Å². The Labute approximate surface area is 139 Å². The van der Waals surface area contributed by atoms with E-state index >= 15 is 0 Å². The summed E-state index contributed by atoms with van der Waals surface area (Å²) in [5.74, 6) is 0. The summed E-state index contributed by atoms with van der Waals surface area (Å²) in [5, 5.41) is 0.218. The van der Waals surface area contributed by atoms with Crippen molar-refractivity contribution < 1.29 is 8.42 Å². The lowest BCUT2D eigenvalue weighted by Gasteiger charge is -2.27. The van der Waals surface area contributed by atoms with Crippen LogP contribution in [-0.2, 0) is 10.0 Å². The number of hydrogen-bond donors (Lipinski definition) is 2. The summed E-state index contributed by atoms with van der Waals surface area (Å²) in [6.07, 6.45) is 6.33. The molecule has 21 heavy (non-hydrogen) atoms. The summed E-state index contributed by atoms with van der Waals surface area (Å²) in [5.41, 5.74) is 5.77. The quantitative estimate of drug-likeness (QED) is 0.779. The van der Waals surface area contributed by atoms with Gasteiger partial charge in [-0.3, -0.25) is 0 Å². The lowest BCUT2D eigenvalue weighted by molar-refractivity contribution is 0.551. The van der Waals surface area contributed by atoms with E-state index in [0.29, 0.717) is 6.54 Å². The van der Waals surface area contributed by atoms with E-state index in [4.69, 9.17) is 28.9 Å². The molecule has 1 aliphatic rings. The third-order valence-electron chi connectivity index (χ3n) is 3.91. The first-order valence-corrected chi connectivity index (χ1v) is 10.1. The highest BCUT2D eigenvalue weighted by molar-refractivity contribution is 8.00. The molecule has 0 saturated heterocycles. The predicted molar refractivity (Wildman–Crippen MR) is 90.8 cm³/mol. The zero-order valence-corrected chi connectivity index (χ0v) is 14.8. The van der Waals surface area contributed by atoms with E-state index in [1.165, 1.54) is 12.1 Å². The van der Waals surface area contributed by atoms with Crippen LogP contribution in [0.15, 0.2) is 17.0 Å². The summed E-state index contributed by atoms with van der Waals surface area (Å²) in [6.45, 7) is 0.398. The molecule has 0 unspecified atom stereocenters. The standard InChI is InChI=1S/C13H18Cl2N2O2S2/c1-20-13(6-2-3-7-13)8-17-21(18,19)10-5-4-9(14)12(16)11(10)15/h4-5,17H,2-3,6-8,16H2,1H3. The van der Waals surface area contributed by atoms with Gasteiger partial charge in [0.2, 0.25) is 10.0 Å². The van der Waals surface area contributed by atoms with Gasteiger partial charge in [0.05, 0.1) is 15.7 Å². The molecule has 0 bridgehead atoms. The highest BCUT2D eigenvalue weighted by Gasteiger charge is 2.34. The van der Waals surface area contributed by atoms with Crippen molar-refractivity contribution in [2.75, 3.05) is 18.5 Å². The van der Waals surface area contributed by atoms with Gasteiger partial charge in [0, 0.05) is 11.3 Å². The van der Waals surface area contributed by atoms with Crippen molar-refractivity contribution in [1.29, 1.82) is 0 Å². The monoisotopic (exact) mass is 368 g/mol. The van der Waals surface area contributed by atoms with Crippen LogP contribution in [0.2, 0.25) is 10.0 Å². The number of hydrogen-bond acceptors (Lipinski definition) is 4. The van der Waals surface area contributed by atoms with Gasteiger partial charge < -0.3 is 5.73 Å². The van der Waals surface area contributed by atoms with E-state index in [1.807, 2.05) is 6.26 Å². The normalized spacial score (nSPS) is 18.0. The predicted octanol–water partition coefficient (Wildman–Crippen LogP) is 3.53. The van der Waals surface area contributed by atoms with Crippen molar-refractivity contribution in [3.8, 4) is 0 Å². The summed E-state index contributed by atoms with van der Waals surface area (Å²) in [4.78, 5) is -0.0275. The second-order valence-electron chi connectivity index (χ2n) is 5.19. The van der Waals surface area contributed by atoms with Crippen LogP contribution in [0.3, 0.4) is 0 Å². The zero-order chi connectivity index (χ0) is 15.7. The van der Waals surface area contributed by atoms with Crippen molar-refractivity contribution >= 4 is 50.7 Å². The first kappa shape index (κ1) is 17.2. The molecular formula is C13H18Cl2N2O2S2. The number of nitrogens with one attached hydrogen (secondary N) is 1. The van der Waals surface area contributed by atoms with Crippen molar-refractivity contribution in [2.45, 2.75) is 35.3 Å². The van der Waals surface area contributed by atoms with Crippen LogP contribution in [0.4, 0.5) is 5.69 Å². The number of sulfonamides is 1. The van der Waals surface area contributed by atoms with Crippen molar-refractivity contribution in [3.05, 3.63) is 22.2 Å². The number of anilines is 1. The van der Waals surface area contributed by atoms with Crippen molar-refractivity contribution in [2.24, 2.45) is 0 Å². The Hall–Kier alpha value is -0.140. The third-order valence-corrected chi connectivity index (χ3v) is 7.62. The molecule has 1 aromatic carbocycles. The Morgan fingerprint density at radius 1 is 1.33 bits per heavy atom. The highest BCUT2D eigenvalue weighted by atomic mass is 35.5. The summed E-state index contributed by atoms with van der Waals surface area (Å²) >= 11 is 13.6. The molecule has 3 N–H and O–H groups in total. The number of benzene rings is 1. The first-order valence-electron chi connectivity index (χ1n) is 6.60. The Morgan fingerprint density at radius 3 is 2.52 bits per heavy atom. The lowest BCUT2D eigenvalue weighted by atomic mass is 10.1. The van der Waals surface area contributed by atoms with Gasteiger partial charge in [0.15, 0.2) is 0 Å². The summed E-state index contributed by atoms with van der Waals surface area (Å²) < 4.78 is 27.5. The van der Waals surface area contributed by atoms with Gasteiger partial charge in [-0.25, -0.2) is 13.1 Å². The van der Waals surface area contributed by atoms with E-state index < -0.39 is 10.0 Å². The number of halogens is 2. The minimum Gasteiger partial charge on any atom is -0.396 e. The first-order chi connectivity index (χ1) is 9.81.